The third-order valence-corrected chi connectivity index (χ3v) is 7.40. The van der Waals surface area contributed by atoms with Crippen molar-refractivity contribution in [2.75, 3.05) is 6.54 Å². The standard InChI is InChI=1S/C30H28ClN7O3/c1-3-6-19(2)24-9-5-14-37(27(39)13-10-21-16-23(31)11-12-26(21)38-18-33-35-36-38)28(24)29-32-17-25(34-29)20-7-4-8-22(15-20)30(40)41/h3-4,6-8,10-13,15-18,24,28H,1,5,9,14H2,2H3,(H,32,34)(H,40,41). The summed E-state index contributed by atoms with van der Waals surface area (Å²) in [6.45, 7) is 6.43. The van der Waals surface area contributed by atoms with E-state index in [1.165, 1.54) is 17.1 Å². The second-order valence-electron chi connectivity index (χ2n) is 9.73. The van der Waals surface area contributed by atoms with Crippen molar-refractivity contribution in [2.45, 2.75) is 25.8 Å². The molecule has 0 saturated carbocycles. The van der Waals surface area contributed by atoms with E-state index in [0.29, 0.717) is 39.9 Å². The first-order valence-corrected chi connectivity index (χ1v) is 13.4. The predicted octanol–water partition coefficient (Wildman–Crippen LogP) is 5.53. The summed E-state index contributed by atoms with van der Waals surface area (Å²) in [4.78, 5) is 35.1. The van der Waals surface area contributed by atoms with Gasteiger partial charge in [0.15, 0.2) is 0 Å². The highest BCUT2D eigenvalue weighted by Gasteiger charge is 2.37. The fraction of sp³-hybridized carbons (Fsp3) is 0.200. The molecular formula is C30H28ClN7O3. The Bertz CT molecular complexity index is 1640. The Morgan fingerprint density at radius 1 is 1.22 bits per heavy atom. The van der Waals surface area contributed by atoms with Gasteiger partial charge in [-0.25, -0.2) is 9.78 Å². The minimum Gasteiger partial charge on any atom is -0.478 e. The van der Waals surface area contributed by atoms with Crippen LogP contribution < -0.4 is 0 Å². The number of nitrogens with one attached hydrogen (secondary N) is 1. The van der Waals surface area contributed by atoms with Gasteiger partial charge in [0.25, 0.3) is 0 Å². The van der Waals surface area contributed by atoms with E-state index in [9.17, 15) is 14.7 Å². The lowest BCUT2D eigenvalue weighted by molar-refractivity contribution is -0.131. The van der Waals surface area contributed by atoms with Gasteiger partial charge in [-0.1, -0.05) is 48.0 Å². The van der Waals surface area contributed by atoms with Crippen LogP contribution >= 0.6 is 11.6 Å². The number of carbonyl (C=O) groups is 2. The molecule has 41 heavy (non-hydrogen) atoms. The van der Waals surface area contributed by atoms with Crippen LogP contribution in [0.5, 0.6) is 0 Å². The monoisotopic (exact) mass is 569 g/mol. The van der Waals surface area contributed by atoms with Crippen molar-refractivity contribution in [2.24, 2.45) is 5.92 Å². The van der Waals surface area contributed by atoms with E-state index in [2.05, 4.69) is 32.1 Å². The summed E-state index contributed by atoms with van der Waals surface area (Å²) < 4.78 is 1.51. The van der Waals surface area contributed by atoms with Crippen LogP contribution in [0.4, 0.5) is 0 Å². The third-order valence-electron chi connectivity index (χ3n) is 7.17. The van der Waals surface area contributed by atoms with Gasteiger partial charge in [-0.05, 0) is 66.6 Å². The lowest BCUT2D eigenvalue weighted by atomic mass is 9.83. The molecule has 4 aromatic rings. The molecule has 2 N–H and O–H groups in total. The number of rotatable bonds is 8. The van der Waals surface area contributed by atoms with Gasteiger partial charge in [0.2, 0.25) is 5.91 Å². The Kier molecular flexibility index (Phi) is 8.21. The average molecular weight is 570 g/mol. The number of carboxylic acid groups (broad SMARTS) is 1. The number of halogens is 1. The van der Waals surface area contributed by atoms with Crippen LogP contribution in [0.15, 0.2) is 85.4 Å². The summed E-state index contributed by atoms with van der Waals surface area (Å²) in [5, 5.41) is 21.3. The van der Waals surface area contributed by atoms with Crippen LogP contribution in [0, 0.1) is 5.92 Å². The van der Waals surface area contributed by atoms with E-state index in [0.717, 1.165) is 18.4 Å². The third kappa shape index (κ3) is 6.02. The molecule has 2 aromatic carbocycles. The van der Waals surface area contributed by atoms with E-state index in [4.69, 9.17) is 11.6 Å². The van der Waals surface area contributed by atoms with Crippen LogP contribution in [0.2, 0.25) is 5.02 Å². The van der Waals surface area contributed by atoms with E-state index in [1.807, 2.05) is 24.0 Å². The number of hydrogen-bond donors (Lipinski definition) is 2. The maximum Gasteiger partial charge on any atom is 0.335 e. The molecule has 1 aliphatic rings. The topological polar surface area (TPSA) is 130 Å². The Hall–Kier alpha value is -4.83. The fourth-order valence-electron chi connectivity index (χ4n) is 5.22. The number of carbonyl (C=O) groups excluding carboxylic acids is 1. The summed E-state index contributed by atoms with van der Waals surface area (Å²) in [6, 6.07) is 11.6. The zero-order valence-electron chi connectivity index (χ0n) is 22.3. The molecule has 208 valence electrons. The van der Waals surface area contributed by atoms with Crippen LogP contribution in [0.3, 0.4) is 0 Å². The molecule has 11 heteroatoms. The number of piperidine rings is 1. The molecule has 10 nitrogen and oxygen atoms in total. The molecule has 5 rings (SSSR count). The number of hydrogen-bond acceptors (Lipinski definition) is 6. The maximum atomic E-state index is 13.8. The highest BCUT2D eigenvalue weighted by atomic mass is 35.5. The van der Waals surface area contributed by atoms with Gasteiger partial charge in [-0.3, -0.25) is 4.79 Å². The van der Waals surface area contributed by atoms with Gasteiger partial charge in [-0.2, -0.15) is 4.68 Å². The number of allylic oxidation sites excluding steroid dienone is 2. The zero-order valence-corrected chi connectivity index (χ0v) is 23.1. The molecule has 3 heterocycles. The number of nitrogens with zero attached hydrogens (tertiary/aromatic N) is 6. The molecule has 1 aliphatic heterocycles. The molecular weight excluding hydrogens is 542 g/mol. The number of aromatic nitrogens is 6. The molecule has 1 amide bonds. The summed E-state index contributed by atoms with van der Waals surface area (Å²) in [5.41, 5.74) is 4.01. The Morgan fingerprint density at radius 2 is 2.07 bits per heavy atom. The number of H-pyrrole nitrogens is 1. The lowest BCUT2D eigenvalue weighted by Crippen LogP contribution is -2.43. The molecule has 2 aromatic heterocycles. The first-order chi connectivity index (χ1) is 19.9. The lowest BCUT2D eigenvalue weighted by Gasteiger charge is -2.40. The molecule has 0 spiro atoms. The van der Waals surface area contributed by atoms with Crippen LogP contribution in [-0.2, 0) is 4.79 Å². The fourth-order valence-corrected chi connectivity index (χ4v) is 5.40. The van der Waals surface area contributed by atoms with Gasteiger partial charge in [-0.15, -0.1) is 5.10 Å². The van der Waals surface area contributed by atoms with Gasteiger partial charge in [0, 0.05) is 34.7 Å². The average Bonchev–Trinajstić information content (AvgIpc) is 3.69. The van der Waals surface area contributed by atoms with Crippen LogP contribution in [-0.4, -0.2) is 58.6 Å². The molecule has 0 aliphatic carbocycles. The molecule has 1 saturated heterocycles. The second kappa shape index (κ2) is 12.1. The van der Waals surface area contributed by atoms with E-state index < -0.39 is 5.97 Å². The van der Waals surface area contributed by atoms with Gasteiger partial charge >= 0.3 is 5.97 Å². The number of aromatic amines is 1. The summed E-state index contributed by atoms with van der Waals surface area (Å²) in [7, 11) is 0. The number of likely N-dealkylation sites (tertiary alicyclic amines) is 1. The van der Waals surface area contributed by atoms with Crippen molar-refractivity contribution in [3.8, 4) is 16.9 Å². The van der Waals surface area contributed by atoms with E-state index in [1.54, 1.807) is 54.7 Å². The summed E-state index contributed by atoms with van der Waals surface area (Å²) in [6.07, 6.45) is 11.8. The van der Waals surface area contributed by atoms with Crippen molar-refractivity contribution in [3.63, 3.8) is 0 Å². The molecule has 2 atom stereocenters. The van der Waals surface area contributed by atoms with Crippen molar-refractivity contribution in [1.29, 1.82) is 0 Å². The van der Waals surface area contributed by atoms with Crippen LogP contribution in [0.1, 0.15) is 47.6 Å². The minimum absolute atomic E-state index is 0.00593. The van der Waals surface area contributed by atoms with Crippen molar-refractivity contribution < 1.29 is 14.7 Å². The predicted molar refractivity (Wildman–Crippen MR) is 155 cm³/mol. The number of carboxylic acids is 1. The highest BCUT2D eigenvalue weighted by Crippen LogP contribution is 2.40. The highest BCUT2D eigenvalue weighted by molar-refractivity contribution is 6.30. The minimum atomic E-state index is -1.00. The SMILES string of the molecule is C=CC=C(C)C1CCCN(C(=O)C=Cc2cc(Cl)ccc2-n2cnnn2)C1c1ncc(-c2cccc(C(=O)O)c2)[nH]1. The summed E-state index contributed by atoms with van der Waals surface area (Å²) in [5.74, 6) is -0.553. The molecule has 2 unspecified atom stereocenters. The van der Waals surface area contributed by atoms with E-state index in [-0.39, 0.29) is 23.4 Å². The first-order valence-electron chi connectivity index (χ1n) is 13.0. The number of benzene rings is 2. The summed E-state index contributed by atoms with van der Waals surface area (Å²) >= 11 is 6.26. The van der Waals surface area contributed by atoms with Gasteiger partial charge in [0.1, 0.15) is 12.2 Å². The second-order valence-corrected chi connectivity index (χ2v) is 10.2. The van der Waals surface area contributed by atoms with E-state index >= 15 is 0 Å². The van der Waals surface area contributed by atoms with Crippen molar-refractivity contribution >= 4 is 29.6 Å². The van der Waals surface area contributed by atoms with Crippen LogP contribution in [0.25, 0.3) is 23.0 Å². The smallest absolute Gasteiger partial charge is 0.335 e. The largest absolute Gasteiger partial charge is 0.478 e. The Balaban J connectivity index is 1.50. The first kappa shape index (κ1) is 27.7. The Morgan fingerprint density at radius 3 is 2.83 bits per heavy atom. The quantitative estimate of drug-likeness (QED) is 0.211. The van der Waals surface area contributed by atoms with Crippen molar-refractivity contribution in [1.82, 2.24) is 35.1 Å². The number of amides is 1. The molecule has 0 bridgehead atoms. The Labute approximate surface area is 241 Å². The molecule has 1 fully saturated rings. The number of aromatic carboxylic acids is 1. The zero-order chi connectivity index (χ0) is 28.9. The number of imidazole rings is 1. The van der Waals surface area contributed by atoms with Crippen molar-refractivity contribution in [3.05, 3.63) is 107 Å². The normalized spacial score (nSPS) is 17.6. The van der Waals surface area contributed by atoms with Gasteiger partial charge < -0.3 is 15.0 Å². The number of tetrazole rings is 1. The van der Waals surface area contributed by atoms with Gasteiger partial charge in [0.05, 0.1) is 29.2 Å². The maximum absolute atomic E-state index is 13.8. The molecule has 0 radical (unpaired) electrons.